The minimum absolute atomic E-state index is 0.0859. The van der Waals surface area contributed by atoms with Crippen LogP contribution < -0.4 is 5.32 Å². The summed E-state index contributed by atoms with van der Waals surface area (Å²) >= 11 is 0. The van der Waals surface area contributed by atoms with Crippen LogP contribution in [-0.2, 0) is 9.47 Å². The fraction of sp³-hybridized carbons (Fsp3) is 0.941. The lowest BCUT2D eigenvalue weighted by Crippen LogP contribution is -2.48. The predicted molar refractivity (Wildman–Crippen MR) is 87.0 cm³/mol. The molecule has 2 saturated heterocycles. The van der Waals surface area contributed by atoms with E-state index in [2.05, 4.69) is 19.2 Å². The number of likely N-dealkylation sites (tertiary alicyclic amines) is 1. The molecule has 0 aromatic rings. The molecule has 1 unspecified atom stereocenters. The van der Waals surface area contributed by atoms with Gasteiger partial charge in [0.1, 0.15) is 0 Å². The number of carbonyl (C=O) groups is 1. The number of hydrogen-bond donors (Lipinski definition) is 1. The van der Waals surface area contributed by atoms with Gasteiger partial charge in [-0.15, -0.1) is 0 Å². The van der Waals surface area contributed by atoms with Crippen LogP contribution in [0.4, 0.5) is 4.79 Å². The van der Waals surface area contributed by atoms with Gasteiger partial charge >= 0.3 is 6.03 Å². The molecule has 1 N–H and O–H groups in total. The predicted octanol–water partition coefficient (Wildman–Crippen LogP) is 2.93. The van der Waals surface area contributed by atoms with Crippen molar-refractivity contribution in [3.8, 4) is 0 Å². The third-order valence-electron chi connectivity index (χ3n) is 4.83. The number of rotatable bonds is 6. The highest BCUT2D eigenvalue weighted by molar-refractivity contribution is 5.74. The van der Waals surface area contributed by atoms with Crippen LogP contribution in [-0.4, -0.2) is 55.5 Å². The van der Waals surface area contributed by atoms with Crippen molar-refractivity contribution < 1.29 is 14.3 Å². The van der Waals surface area contributed by atoms with Gasteiger partial charge < -0.3 is 19.7 Å². The number of urea groups is 1. The van der Waals surface area contributed by atoms with Gasteiger partial charge in [0.2, 0.25) is 0 Å². The Balaban J connectivity index is 1.63. The minimum Gasteiger partial charge on any atom is -0.376 e. The van der Waals surface area contributed by atoms with Crippen molar-refractivity contribution in [1.82, 2.24) is 10.2 Å². The van der Waals surface area contributed by atoms with E-state index in [4.69, 9.17) is 9.47 Å². The van der Waals surface area contributed by atoms with E-state index in [-0.39, 0.29) is 18.2 Å². The molecule has 0 aromatic heterocycles. The Morgan fingerprint density at radius 3 is 2.55 bits per heavy atom. The molecule has 0 radical (unpaired) electrons. The molecule has 2 fully saturated rings. The van der Waals surface area contributed by atoms with Crippen molar-refractivity contribution in [1.29, 1.82) is 0 Å². The van der Waals surface area contributed by atoms with E-state index in [0.29, 0.717) is 12.6 Å². The Hall–Kier alpha value is -0.810. The molecular formula is C17H32N2O3. The first kappa shape index (κ1) is 17.5. The lowest BCUT2D eigenvalue weighted by atomic mass is 10.1. The zero-order valence-electron chi connectivity index (χ0n) is 14.2. The van der Waals surface area contributed by atoms with Gasteiger partial charge in [-0.25, -0.2) is 4.79 Å². The summed E-state index contributed by atoms with van der Waals surface area (Å²) in [5.74, 6) is 0. The highest BCUT2D eigenvalue weighted by atomic mass is 16.5. The third kappa shape index (κ3) is 5.43. The maximum Gasteiger partial charge on any atom is 0.317 e. The average Bonchev–Trinajstić information content (AvgIpc) is 2.59. The summed E-state index contributed by atoms with van der Waals surface area (Å²) < 4.78 is 11.7. The molecule has 0 aromatic carbocycles. The van der Waals surface area contributed by atoms with E-state index in [1.54, 1.807) is 0 Å². The topological polar surface area (TPSA) is 50.8 Å². The molecule has 2 amide bonds. The molecule has 0 saturated carbocycles. The summed E-state index contributed by atoms with van der Waals surface area (Å²) in [5, 5.41) is 3.11. The monoisotopic (exact) mass is 312 g/mol. The fourth-order valence-corrected chi connectivity index (χ4v) is 3.17. The molecule has 5 heteroatoms. The largest absolute Gasteiger partial charge is 0.376 e. The van der Waals surface area contributed by atoms with Gasteiger partial charge in [0.25, 0.3) is 0 Å². The van der Waals surface area contributed by atoms with Gasteiger partial charge in [0.05, 0.1) is 18.8 Å². The second-order valence-corrected chi connectivity index (χ2v) is 6.47. The molecule has 0 aliphatic carbocycles. The number of amides is 2. The Bertz CT molecular complexity index is 320. The average molecular weight is 312 g/mol. The lowest BCUT2D eigenvalue weighted by molar-refractivity contribution is -0.0728. The third-order valence-corrected chi connectivity index (χ3v) is 4.83. The maximum atomic E-state index is 12.2. The summed E-state index contributed by atoms with van der Waals surface area (Å²) in [5.41, 5.74) is 0. The van der Waals surface area contributed by atoms with E-state index in [0.717, 1.165) is 51.8 Å². The van der Waals surface area contributed by atoms with Gasteiger partial charge in [0.15, 0.2) is 0 Å². The van der Waals surface area contributed by atoms with Crippen LogP contribution in [0.1, 0.15) is 58.8 Å². The van der Waals surface area contributed by atoms with Crippen molar-refractivity contribution in [2.24, 2.45) is 0 Å². The van der Waals surface area contributed by atoms with Gasteiger partial charge in [-0.2, -0.15) is 0 Å². The first-order valence-corrected chi connectivity index (χ1v) is 9.01. The Labute approximate surface area is 134 Å². The van der Waals surface area contributed by atoms with Crippen LogP contribution in [0.25, 0.3) is 0 Å². The maximum absolute atomic E-state index is 12.2. The zero-order chi connectivity index (χ0) is 15.8. The number of ether oxygens (including phenoxy) is 2. The second kappa shape index (κ2) is 9.36. The van der Waals surface area contributed by atoms with Crippen molar-refractivity contribution in [3.63, 3.8) is 0 Å². The molecule has 0 spiro atoms. The number of piperidine rings is 1. The highest BCUT2D eigenvalue weighted by Crippen LogP contribution is 2.18. The zero-order valence-corrected chi connectivity index (χ0v) is 14.2. The molecule has 1 atom stereocenters. The van der Waals surface area contributed by atoms with Gasteiger partial charge in [-0.1, -0.05) is 13.8 Å². The van der Waals surface area contributed by atoms with Gasteiger partial charge in [0, 0.05) is 25.7 Å². The summed E-state index contributed by atoms with van der Waals surface area (Å²) in [4.78, 5) is 14.1. The standard InChI is InChI=1S/C17H32N2O3/c1-3-14(4-2)18-17(20)19-10-8-15(9-11-19)22-13-16-7-5-6-12-21-16/h14-16H,3-13H2,1-2H3,(H,18,20). The number of nitrogens with one attached hydrogen (secondary N) is 1. The van der Waals surface area contributed by atoms with Gasteiger partial charge in [-0.05, 0) is 44.9 Å². The summed E-state index contributed by atoms with van der Waals surface area (Å²) in [6, 6.07) is 0.382. The number of carbonyl (C=O) groups excluding carboxylic acids is 1. The number of nitrogens with zero attached hydrogens (tertiary/aromatic N) is 1. The lowest BCUT2D eigenvalue weighted by Gasteiger charge is -2.34. The van der Waals surface area contributed by atoms with Gasteiger partial charge in [-0.3, -0.25) is 0 Å². The quantitative estimate of drug-likeness (QED) is 0.820. The number of hydrogen-bond acceptors (Lipinski definition) is 3. The SMILES string of the molecule is CCC(CC)NC(=O)N1CCC(OCC2CCCCO2)CC1. The second-order valence-electron chi connectivity index (χ2n) is 6.47. The minimum atomic E-state index is 0.0859. The van der Waals surface area contributed by atoms with Crippen molar-refractivity contribution >= 4 is 6.03 Å². The Morgan fingerprint density at radius 2 is 1.95 bits per heavy atom. The van der Waals surface area contributed by atoms with E-state index in [1.807, 2.05) is 4.90 Å². The van der Waals surface area contributed by atoms with Crippen molar-refractivity contribution in [2.75, 3.05) is 26.3 Å². The van der Waals surface area contributed by atoms with E-state index in [9.17, 15) is 4.79 Å². The molecule has 5 nitrogen and oxygen atoms in total. The first-order valence-electron chi connectivity index (χ1n) is 9.01. The Kier molecular flexibility index (Phi) is 7.46. The van der Waals surface area contributed by atoms with Crippen LogP contribution in [0.2, 0.25) is 0 Å². The van der Waals surface area contributed by atoms with Crippen LogP contribution in [0.5, 0.6) is 0 Å². The molecule has 22 heavy (non-hydrogen) atoms. The fourth-order valence-electron chi connectivity index (χ4n) is 3.17. The normalized spacial score (nSPS) is 23.8. The molecule has 0 bridgehead atoms. The van der Waals surface area contributed by atoms with Crippen molar-refractivity contribution in [2.45, 2.75) is 77.0 Å². The summed E-state index contributed by atoms with van der Waals surface area (Å²) in [7, 11) is 0. The molecular weight excluding hydrogens is 280 g/mol. The van der Waals surface area contributed by atoms with Crippen LogP contribution in [0.15, 0.2) is 0 Å². The molecule has 2 aliphatic rings. The Morgan fingerprint density at radius 1 is 1.23 bits per heavy atom. The van der Waals surface area contributed by atoms with Crippen LogP contribution >= 0.6 is 0 Å². The summed E-state index contributed by atoms with van der Waals surface area (Å²) in [6.45, 7) is 7.40. The smallest absolute Gasteiger partial charge is 0.317 e. The molecule has 2 aliphatic heterocycles. The van der Waals surface area contributed by atoms with Crippen molar-refractivity contribution in [3.05, 3.63) is 0 Å². The first-order chi connectivity index (χ1) is 10.7. The molecule has 2 rings (SSSR count). The molecule has 128 valence electrons. The van der Waals surface area contributed by atoms with E-state index in [1.165, 1.54) is 12.8 Å². The highest BCUT2D eigenvalue weighted by Gasteiger charge is 2.25. The van der Waals surface area contributed by atoms with Crippen LogP contribution in [0, 0.1) is 0 Å². The van der Waals surface area contributed by atoms with Crippen LogP contribution in [0.3, 0.4) is 0 Å². The molecule has 2 heterocycles. The van der Waals surface area contributed by atoms with E-state index >= 15 is 0 Å². The summed E-state index contributed by atoms with van der Waals surface area (Å²) in [6.07, 6.45) is 7.96. The van der Waals surface area contributed by atoms with E-state index < -0.39 is 0 Å².